The molecular weight excluding hydrogens is 384 g/mol. The van der Waals surface area contributed by atoms with E-state index in [2.05, 4.69) is 10.5 Å². The Bertz CT molecular complexity index is 1020. The number of nitrogens with zero attached hydrogens (tertiary/aromatic N) is 3. The van der Waals surface area contributed by atoms with Crippen LogP contribution in [0.2, 0.25) is 0 Å². The highest BCUT2D eigenvalue weighted by molar-refractivity contribution is 5.88. The highest BCUT2D eigenvalue weighted by Crippen LogP contribution is 2.33. The van der Waals surface area contributed by atoms with Crippen LogP contribution in [0.15, 0.2) is 29.4 Å². The van der Waals surface area contributed by atoms with Crippen LogP contribution >= 0.6 is 0 Å². The fourth-order valence-corrected chi connectivity index (χ4v) is 2.46. The van der Waals surface area contributed by atoms with Gasteiger partial charge in [-0.15, -0.1) is 0 Å². The fourth-order valence-electron chi connectivity index (χ4n) is 2.46. The molecular formula is C18H18N4O7. The molecule has 152 valence electrons. The summed E-state index contributed by atoms with van der Waals surface area (Å²) in [6.07, 6.45) is 0.871. The third-order valence-electron chi connectivity index (χ3n) is 4.13. The van der Waals surface area contributed by atoms with Crippen LogP contribution < -0.4 is 10.2 Å². The molecule has 0 bridgehead atoms. The number of hydrazone groups is 1. The average Bonchev–Trinajstić information content (AvgIpc) is 2.65. The number of ether oxygens (including phenoxy) is 1. The standard InChI is InChI=1S/C18H18N4O7/c1-10-4-5-11(2)18(12(10)3)29-9-16(23)20-19-8-13-6-14(21(25)26)7-15(17(13)24)22(27)28/h4-8,24H,9H2,1-3H3,(H,20,23). The number of aryl methyl sites for hydroxylation is 2. The summed E-state index contributed by atoms with van der Waals surface area (Å²) in [4.78, 5) is 31.9. The maximum atomic E-state index is 11.9. The zero-order valence-electron chi connectivity index (χ0n) is 15.8. The molecule has 1 amide bonds. The van der Waals surface area contributed by atoms with Crippen LogP contribution in [0.1, 0.15) is 22.3 Å². The molecule has 11 heteroatoms. The van der Waals surface area contributed by atoms with E-state index in [9.17, 15) is 30.1 Å². The van der Waals surface area contributed by atoms with Crippen LogP contribution in [0, 0.1) is 41.0 Å². The third-order valence-corrected chi connectivity index (χ3v) is 4.13. The predicted octanol–water partition coefficient (Wildman–Crippen LogP) is 2.66. The summed E-state index contributed by atoms with van der Waals surface area (Å²) in [5.41, 5.74) is 3.16. The smallest absolute Gasteiger partial charge is 0.318 e. The van der Waals surface area contributed by atoms with Crippen LogP contribution in [0.25, 0.3) is 0 Å². The highest BCUT2D eigenvalue weighted by atomic mass is 16.6. The number of carbonyl (C=O) groups is 1. The highest BCUT2D eigenvalue weighted by Gasteiger charge is 2.23. The number of non-ortho nitro benzene ring substituents is 1. The first-order valence-electron chi connectivity index (χ1n) is 8.29. The van der Waals surface area contributed by atoms with Crippen LogP contribution in [0.5, 0.6) is 11.5 Å². The SMILES string of the molecule is Cc1ccc(C)c(OCC(=O)NN=Cc2cc([N+](=O)[O-])cc([N+](=O)[O-])c2O)c1C. The Balaban J connectivity index is 2.10. The molecule has 29 heavy (non-hydrogen) atoms. The van der Waals surface area contributed by atoms with Gasteiger partial charge < -0.3 is 9.84 Å². The molecule has 0 saturated carbocycles. The summed E-state index contributed by atoms with van der Waals surface area (Å²) < 4.78 is 5.52. The van der Waals surface area contributed by atoms with Crippen molar-refractivity contribution in [2.75, 3.05) is 6.61 Å². The van der Waals surface area contributed by atoms with E-state index in [0.29, 0.717) is 11.8 Å². The second kappa shape index (κ2) is 8.78. The van der Waals surface area contributed by atoms with E-state index in [1.165, 1.54) is 0 Å². The summed E-state index contributed by atoms with van der Waals surface area (Å²) in [5.74, 6) is -0.849. The monoisotopic (exact) mass is 402 g/mol. The third kappa shape index (κ3) is 5.03. The van der Waals surface area contributed by atoms with Crippen molar-refractivity contribution < 1.29 is 24.5 Å². The zero-order chi connectivity index (χ0) is 21.7. The predicted molar refractivity (Wildman–Crippen MR) is 103 cm³/mol. The summed E-state index contributed by atoms with van der Waals surface area (Å²) in [6.45, 7) is 5.28. The molecule has 2 rings (SSSR count). The Morgan fingerprint density at radius 2 is 1.83 bits per heavy atom. The van der Waals surface area contributed by atoms with Gasteiger partial charge in [0.15, 0.2) is 6.61 Å². The number of nitro benzene ring substituents is 2. The van der Waals surface area contributed by atoms with Gasteiger partial charge in [0.25, 0.3) is 11.6 Å². The lowest BCUT2D eigenvalue weighted by atomic mass is 10.1. The number of benzene rings is 2. The fraction of sp³-hybridized carbons (Fsp3) is 0.222. The van der Waals surface area contributed by atoms with Crippen molar-refractivity contribution in [2.24, 2.45) is 5.10 Å². The number of hydrogen-bond acceptors (Lipinski definition) is 8. The minimum absolute atomic E-state index is 0.294. The van der Waals surface area contributed by atoms with Crippen molar-refractivity contribution in [2.45, 2.75) is 20.8 Å². The number of phenolic OH excluding ortho intramolecular Hbond substituents is 1. The molecule has 0 spiro atoms. The largest absolute Gasteiger partial charge is 0.502 e. The number of rotatable bonds is 7. The molecule has 0 atom stereocenters. The maximum absolute atomic E-state index is 11.9. The Hall–Kier alpha value is -4.02. The number of phenols is 1. The van der Waals surface area contributed by atoms with Crippen molar-refractivity contribution in [1.82, 2.24) is 5.43 Å². The topological polar surface area (TPSA) is 157 Å². The van der Waals surface area contributed by atoms with E-state index in [-0.39, 0.29) is 12.2 Å². The van der Waals surface area contributed by atoms with Crippen molar-refractivity contribution in [3.63, 3.8) is 0 Å². The van der Waals surface area contributed by atoms with Gasteiger partial charge in [0.1, 0.15) is 5.75 Å². The normalized spacial score (nSPS) is 10.7. The van der Waals surface area contributed by atoms with Gasteiger partial charge in [0, 0.05) is 6.07 Å². The van der Waals surface area contributed by atoms with Crippen LogP contribution in [0.4, 0.5) is 11.4 Å². The van der Waals surface area contributed by atoms with Gasteiger partial charge in [-0.1, -0.05) is 12.1 Å². The molecule has 0 radical (unpaired) electrons. The van der Waals surface area contributed by atoms with E-state index in [4.69, 9.17) is 4.74 Å². The summed E-state index contributed by atoms with van der Waals surface area (Å²) in [6, 6.07) is 5.33. The second-order valence-corrected chi connectivity index (χ2v) is 6.15. The van der Waals surface area contributed by atoms with E-state index in [1.807, 2.05) is 32.9 Å². The van der Waals surface area contributed by atoms with Gasteiger partial charge in [0.2, 0.25) is 5.75 Å². The Kier molecular flexibility index (Phi) is 6.44. The number of nitro groups is 2. The first kappa shape index (κ1) is 21.3. The molecule has 0 unspecified atom stereocenters. The molecule has 2 aromatic carbocycles. The molecule has 11 nitrogen and oxygen atoms in total. The molecule has 2 aromatic rings. The zero-order valence-corrected chi connectivity index (χ0v) is 15.8. The Morgan fingerprint density at radius 1 is 1.17 bits per heavy atom. The number of aromatic hydroxyl groups is 1. The van der Waals surface area contributed by atoms with Gasteiger partial charge in [0.05, 0.1) is 27.7 Å². The lowest BCUT2D eigenvalue weighted by Gasteiger charge is -2.13. The summed E-state index contributed by atoms with van der Waals surface area (Å²) in [7, 11) is 0. The quantitative estimate of drug-likeness (QED) is 0.409. The Labute approximate surface area is 164 Å². The van der Waals surface area contributed by atoms with Crippen LogP contribution in [-0.2, 0) is 4.79 Å². The minimum Gasteiger partial charge on any atom is -0.502 e. The first-order chi connectivity index (χ1) is 13.6. The van der Waals surface area contributed by atoms with Crippen molar-refractivity contribution in [3.8, 4) is 11.5 Å². The molecule has 0 aliphatic carbocycles. The van der Waals surface area contributed by atoms with Crippen molar-refractivity contribution in [3.05, 3.63) is 66.7 Å². The van der Waals surface area contributed by atoms with Gasteiger partial charge in [-0.2, -0.15) is 5.10 Å². The van der Waals surface area contributed by atoms with Crippen LogP contribution in [-0.4, -0.2) is 33.7 Å². The van der Waals surface area contributed by atoms with Crippen molar-refractivity contribution >= 4 is 23.5 Å². The van der Waals surface area contributed by atoms with E-state index >= 15 is 0 Å². The number of nitrogens with one attached hydrogen (secondary N) is 1. The van der Waals surface area contributed by atoms with Crippen molar-refractivity contribution in [1.29, 1.82) is 0 Å². The molecule has 0 aliphatic rings. The minimum atomic E-state index is -0.960. The number of carbonyl (C=O) groups excluding carboxylic acids is 1. The number of hydrogen-bond donors (Lipinski definition) is 2. The summed E-state index contributed by atoms with van der Waals surface area (Å²) in [5, 5.41) is 35.3. The van der Waals surface area contributed by atoms with Gasteiger partial charge >= 0.3 is 5.69 Å². The number of amides is 1. The van der Waals surface area contributed by atoms with E-state index in [1.54, 1.807) is 0 Å². The molecule has 0 aromatic heterocycles. The maximum Gasteiger partial charge on any atom is 0.318 e. The molecule has 0 heterocycles. The molecule has 0 saturated heterocycles. The van der Waals surface area contributed by atoms with E-state index in [0.717, 1.165) is 29.0 Å². The van der Waals surface area contributed by atoms with Gasteiger partial charge in [-0.25, -0.2) is 5.43 Å². The average molecular weight is 402 g/mol. The molecule has 2 N–H and O–H groups in total. The van der Waals surface area contributed by atoms with E-state index < -0.39 is 32.9 Å². The Morgan fingerprint density at radius 3 is 2.45 bits per heavy atom. The summed E-state index contributed by atoms with van der Waals surface area (Å²) >= 11 is 0. The first-order valence-corrected chi connectivity index (χ1v) is 8.29. The molecule has 0 aliphatic heterocycles. The second-order valence-electron chi connectivity index (χ2n) is 6.15. The lowest BCUT2D eigenvalue weighted by molar-refractivity contribution is -0.394. The lowest BCUT2D eigenvalue weighted by Crippen LogP contribution is -2.25. The van der Waals surface area contributed by atoms with Crippen LogP contribution in [0.3, 0.4) is 0 Å². The molecule has 0 fully saturated rings. The van der Waals surface area contributed by atoms with Gasteiger partial charge in [-0.05, 0) is 37.5 Å². The van der Waals surface area contributed by atoms with Gasteiger partial charge in [-0.3, -0.25) is 25.0 Å².